The molecule has 1 aliphatic heterocycles. The van der Waals surface area contributed by atoms with Crippen molar-refractivity contribution in [2.24, 2.45) is 0 Å². The van der Waals surface area contributed by atoms with Crippen LogP contribution in [-0.2, 0) is 17.9 Å². The number of carbonyl (C=O) groups is 1. The summed E-state index contributed by atoms with van der Waals surface area (Å²) in [5.74, 6) is -0.174. The van der Waals surface area contributed by atoms with Gasteiger partial charge in [-0.05, 0) is 52.3 Å². The molecule has 7 nitrogen and oxygen atoms in total. The van der Waals surface area contributed by atoms with Crippen LogP contribution in [0.2, 0.25) is 0 Å². The van der Waals surface area contributed by atoms with E-state index in [1.165, 1.54) is 41.5 Å². The van der Waals surface area contributed by atoms with E-state index in [0.717, 1.165) is 36.4 Å². The Balaban J connectivity index is 1.45. The van der Waals surface area contributed by atoms with Gasteiger partial charge in [-0.3, -0.25) is 9.59 Å². The molecule has 1 amide bonds. The first-order chi connectivity index (χ1) is 15.9. The molecule has 0 saturated carbocycles. The first-order valence-electron chi connectivity index (χ1n) is 12.0. The summed E-state index contributed by atoms with van der Waals surface area (Å²) in [7, 11) is 0. The topological polar surface area (TPSA) is 72.2 Å². The van der Waals surface area contributed by atoms with Gasteiger partial charge in [-0.15, -0.1) is 0 Å². The second-order valence-corrected chi connectivity index (χ2v) is 9.24. The number of aryl methyl sites for hydroxylation is 3. The molecular formula is C26H35N5O2. The number of nitrogens with one attached hydrogen (secondary N) is 1. The number of carbonyl (C=O) groups excluding carboxylic acids is 1. The zero-order valence-corrected chi connectivity index (χ0v) is 20.1. The van der Waals surface area contributed by atoms with Crippen LogP contribution in [0.3, 0.4) is 0 Å². The van der Waals surface area contributed by atoms with Gasteiger partial charge in [0.2, 0.25) is 5.91 Å². The lowest BCUT2D eigenvalue weighted by atomic mass is 10.1. The van der Waals surface area contributed by atoms with Gasteiger partial charge in [-0.2, -0.15) is 5.10 Å². The fourth-order valence-electron chi connectivity index (χ4n) is 4.78. The van der Waals surface area contributed by atoms with E-state index >= 15 is 0 Å². The van der Waals surface area contributed by atoms with Gasteiger partial charge in [0.1, 0.15) is 6.54 Å². The van der Waals surface area contributed by atoms with Crippen molar-refractivity contribution < 1.29 is 4.79 Å². The Morgan fingerprint density at radius 1 is 1.00 bits per heavy atom. The summed E-state index contributed by atoms with van der Waals surface area (Å²) in [5, 5.41) is 8.76. The number of rotatable bonds is 7. The lowest BCUT2D eigenvalue weighted by Crippen LogP contribution is -2.38. The summed E-state index contributed by atoms with van der Waals surface area (Å²) < 4.78 is 3.44. The van der Waals surface area contributed by atoms with E-state index in [1.54, 1.807) is 6.20 Å². The Morgan fingerprint density at radius 2 is 1.70 bits per heavy atom. The van der Waals surface area contributed by atoms with E-state index in [2.05, 4.69) is 51.1 Å². The van der Waals surface area contributed by atoms with Gasteiger partial charge >= 0.3 is 0 Å². The molecule has 0 aliphatic carbocycles. The van der Waals surface area contributed by atoms with Crippen LogP contribution in [0, 0.1) is 20.8 Å². The van der Waals surface area contributed by atoms with Crippen molar-refractivity contribution in [3.05, 3.63) is 63.3 Å². The third-order valence-corrected chi connectivity index (χ3v) is 6.81. The molecule has 1 aromatic carbocycles. The first kappa shape index (κ1) is 23.2. The van der Waals surface area contributed by atoms with Gasteiger partial charge < -0.3 is 14.8 Å². The van der Waals surface area contributed by atoms with Crippen molar-refractivity contribution >= 4 is 16.7 Å². The first-order valence-corrected chi connectivity index (χ1v) is 12.0. The summed E-state index contributed by atoms with van der Waals surface area (Å²) in [6, 6.07) is 8.43. The Hall–Kier alpha value is -2.93. The van der Waals surface area contributed by atoms with Crippen molar-refractivity contribution in [3.8, 4) is 0 Å². The van der Waals surface area contributed by atoms with E-state index in [0.29, 0.717) is 18.5 Å². The predicted octanol–water partition coefficient (Wildman–Crippen LogP) is 3.16. The second-order valence-electron chi connectivity index (χ2n) is 9.24. The third-order valence-electron chi connectivity index (χ3n) is 6.81. The number of likely N-dealkylation sites (tertiary alicyclic amines) is 1. The molecule has 0 radical (unpaired) electrons. The summed E-state index contributed by atoms with van der Waals surface area (Å²) in [4.78, 5) is 28.1. The minimum Gasteiger partial charge on any atom is -0.353 e. The number of fused-ring (bicyclic) bond motifs is 1. The van der Waals surface area contributed by atoms with Crippen LogP contribution >= 0.6 is 0 Å². The summed E-state index contributed by atoms with van der Waals surface area (Å²) in [5.41, 5.74) is 4.12. The fraction of sp³-hybridized carbons (Fsp3) is 0.500. The van der Waals surface area contributed by atoms with E-state index < -0.39 is 0 Å². The number of amides is 1. The van der Waals surface area contributed by atoms with Crippen molar-refractivity contribution in [3.63, 3.8) is 0 Å². The lowest BCUT2D eigenvalue weighted by Gasteiger charge is -2.19. The molecule has 0 unspecified atom stereocenters. The van der Waals surface area contributed by atoms with Crippen LogP contribution in [0.5, 0.6) is 0 Å². The Labute approximate surface area is 195 Å². The quantitative estimate of drug-likeness (QED) is 0.601. The fourth-order valence-corrected chi connectivity index (χ4v) is 4.78. The molecular weight excluding hydrogens is 414 g/mol. The Morgan fingerprint density at radius 3 is 2.39 bits per heavy atom. The van der Waals surface area contributed by atoms with Crippen LogP contribution in [-0.4, -0.2) is 51.3 Å². The van der Waals surface area contributed by atoms with Gasteiger partial charge in [0.25, 0.3) is 5.56 Å². The molecule has 1 N–H and O–H groups in total. The monoisotopic (exact) mass is 449 g/mol. The highest BCUT2D eigenvalue weighted by Crippen LogP contribution is 2.23. The highest BCUT2D eigenvalue weighted by atomic mass is 16.2. The molecule has 4 rings (SSSR count). The smallest absolute Gasteiger partial charge is 0.276 e. The van der Waals surface area contributed by atoms with Crippen LogP contribution in [0.15, 0.2) is 35.3 Å². The van der Waals surface area contributed by atoms with Crippen LogP contribution < -0.4 is 10.9 Å². The highest BCUT2D eigenvalue weighted by molar-refractivity contribution is 5.87. The van der Waals surface area contributed by atoms with Gasteiger partial charge in [0.15, 0.2) is 0 Å². The number of benzene rings is 1. The molecule has 7 heteroatoms. The zero-order chi connectivity index (χ0) is 23.4. The van der Waals surface area contributed by atoms with Gasteiger partial charge in [-0.25, -0.2) is 4.68 Å². The summed E-state index contributed by atoms with van der Waals surface area (Å²) in [6.07, 6.45) is 6.78. The van der Waals surface area contributed by atoms with Crippen molar-refractivity contribution in [2.45, 2.75) is 59.5 Å². The zero-order valence-electron chi connectivity index (χ0n) is 20.1. The minimum atomic E-state index is -0.210. The third kappa shape index (κ3) is 5.36. The van der Waals surface area contributed by atoms with Crippen molar-refractivity contribution in [1.82, 2.24) is 24.6 Å². The average molecular weight is 450 g/mol. The molecule has 1 fully saturated rings. The summed E-state index contributed by atoms with van der Waals surface area (Å²) >= 11 is 0. The maximum atomic E-state index is 13.2. The average Bonchev–Trinajstić information content (AvgIpc) is 2.96. The maximum absolute atomic E-state index is 13.2. The van der Waals surface area contributed by atoms with E-state index in [9.17, 15) is 9.59 Å². The molecule has 0 atom stereocenters. The molecule has 3 heterocycles. The Kier molecular flexibility index (Phi) is 7.28. The van der Waals surface area contributed by atoms with Gasteiger partial charge in [0, 0.05) is 36.4 Å². The van der Waals surface area contributed by atoms with E-state index in [1.807, 2.05) is 13.8 Å². The molecule has 33 heavy (non-hydrogen) atoms. The van der Waals surface area contributed by atoms with E-state index in [4.69, 9.17) is 0 Å². The molecule has 0 spiro atoms. The number of nitrogens with zero attached hydrogens (tertiary/aromatic N) is 4. The van der Waals surface area contributed by atoms with Crippen molar-refractivity contribution in [2.75, 3.05) is 26.2 Å². The van der Waals surface area contributed by atoms with Crippen LogP contribution in [0.1, 0.15) is 48.2 Å². The largest absolute Gasteiger partial charge is 0.353 e. The molecule has 0 bridgehead atoms. The lowest BCUT2D eigenvalue weighted by molar-refractivity contribution is -0.121. The minimum absolute atomic E-state index is 0.0591. The highest BCUT2D eigenvalue weighted by Gasteiger charge is 2.17. The number of hydrogen-bond acceptors (Lipinski definition) is 4. The predicted molar refractivity (Wildman–Crippen MR) is 132 cm³/mol. The van der Waals surface area contributed by atoms with E-state index in [-0.39, 0.29) is 18.0 Å². The van der Waals surface area contributed by atoms with Gasteiger partial charge in [-0.1, -0.05) is 42.7 Å². The number of aromatic nitrogens is 3. The van der Waals surface area contributed by atoms with Crippen molar-refractivity contribution in [1.29, 1.82) is 0 Å². The number of hydrogen-bond donors (Lipinski definition) is 1. The molecule has 1 aliphatic rings. The van der Waals surface area contributed by atoms with Crippen LogP contribution in [0.25, 0.3) is 10.8 Å². The molecule has 176 valence electrons. The normalized spacial score (nSPS) is 15.0. The summed E-state index contributed by atoms with van der Waals surface area (Å²) in [6.45, 7) is 10.4. The second kappa shape index (κ2) is 10.3. The van der Waals surface area contributed by atoms with Crippen LogP contribution in [0.4, 0.5) is 0 Å². The van der Waals surface area contributed by atoms with Gasteiger partial charge in [0.05, 0.1) is 11.6 Å². The molecule has 3 aromatic rings. The molecule has 2 aromatic heterocycles. The Bertz CT molecular complexity index is 1170. The standard InChI is InChI=1S/C26H35N5O2/c1-19-8-10-22(11-9-19)17-30-20(2)23-16-28-31(26(33)25(23)21(30)3)18-24(32)27-12-15-29-13-6-4-5-7-14-29/h8-11,16H,4-7,12-15,17-18H2,1-3H3,(H,27,32). The maximum Gasteiger partial charge on any atom is 0.276 e. The SMILES string of the molecule is Cc1ccc(Cn2c(C)c3cnn(CC(=O)NCCN4CCCCCC4)c(=O)c3c2C)cc1. The molecule has 1 saturated heterocycles.